The summed E-state index contributed by atoms with van der Waals surface area (Å²) in [6, 6.07) is 15.9. The maximum atomic E-state index is 13.2. The number of carbonyl (C=O) groups excluding carboxylic acids is 2. The van der Waals surface area contributed by atoms with E-state index in [0.717, 1.165) is 23.1 Å². The Labute approximate surface area is 181 Å². The Hall–Kier alpha value is -2.62. The molecule has 2 aromatic carbocycles. The maximum Gasteiger partial charge on any atom is 0.242 e. The number of rotatable bonds is 10. The molecule has 1 N–H and O–H groups in total. The van der Waals surface area contributed by atoms with Crippen molar-refractivity contribution in [3.63, 3.8) is 0 Å². The van der Waals surface area contributed by atoms with Crippen LogP contribution in [-0.2, 0) is 29.0 Å². The number of hydrogen-bond donors (Lipinski definition) is 1. The first kappa shape index (κ1) is 23.7. The van der Waals surface area contributed by atoms with Crippen LogP contribution in [0, 0.1) is 12.8 Å². The summed E-state index contributed by atoms with van der Waals surface area (Å²) in [5, 5.41) is 2.97. The molecule has 1 atom stereocenters. The van der Waals surface area contributed by atoms with E-state index in [2.05, 4.69) is 50.4 Å². The smallest absolute Gasteiger partial charge is 0.242 e. The number of aryl methyl sites for hydroxylation is 3. The average molecular weight is 409 g/mol. The summed E-state index contributed by atoms with van der Waals surface area (Å²) in [6.45, 7) is 11.2. The lowest BCUT2D eigenvalue weighted by Gasteiger charge is -2.29. The van der Waals surface area contributed by atoms with Gasteiger partial charge in [0.1, 0.15) is 6.04 Å². The normalized spacial score (nSPS) is 11.9. The molecule has 162 valence electrons. The van der Waals surface area contributed by atoms with Gasteiger partial charge in [0.2, 0.25) is 11.8 Å². The first-order valence-electron chi connectivity index (χ1n) is 11.0. The molecular formula is C26H36N2O2. The van der Waals surface area contributed by atoms with Crippen LogP contribution in [0.5, 0.6) is 0 Å². The van der Waals surface area contributed by atoms with E-state index < -0.39 is 6.04 Å². The van der Waals surface area contributed by atoms with Gasteiger partial charge in [-0.1, -0.05) is 69.3 Å². The fraction of sp³-hybridized carbons (Fsp3) is 0.462. The van der Waals surface area contributed by atoms with E-state index in [1.807, 2.05) is 38.1 Å². The van der Waals surface area contributed by atoms with Gasteiger partial charge in [-0.2, -0.15) is 0 Å². The van der Waals surface area contributed by atoms with Crippen molar-refractivity contribution in [2.24, 2.45) is 5.92 Å². The van der Waals surface area contributed by atoms with Gasteiger partial charge in [-0.25, -0.2) is 0 Å². The zero-order valence-electron chi connectivity index (χ0n) is 19.1. The van der Waals surface area contributed by atoms with Gasteiger partial charge in [0.05, 0.1) is 0 Å². The lowest BCUT2D eigenvalue weighted by atomic mass is 10.0. The second-order valence-electron chi connectivity index (χ2n) is 8.43. The molecule has 2 rings (SSSR count). The van der Waals surface area contributed by atoms with Gasteiger partial charge in [-0.15, -0.1) is 0 Å². The SMILES string of the molecule is CCc1ccc(CCC(=O)N(Cc2ccccc2C)C(C)C(=O)NCC(C)C)cc1. The Balaban J connectivity index is 2.12. The van der Waals surface area contributed by atoms with Crippen molar-refractivity contribution in [1.82, 2.24) is 10.2 Å². The van der Waals surface area contributed by atoms with Crippen LogP contribution in [0.15, 0.2) is 48.5 Å². The van der Waals surface area contributed by atoms with Crippen LogP contribution >= 0.6 is 0 Å². The quantitative estimate of drug-likeness (QED) is 0.620. The average Bonchev–Trinajstić information content (AvgIpc) is 2.75. The Morgan fingerprint density at radius 2 is 1.60 bits per heavy atom. The highest BCUT2D eigenvalue weighted by atomic mass is 16.2. The topological polar surface area (TPSA) is 49.4 Å². The Morgan fingerprint density at radius 1 is 0.967 bits per heavy atom. The second kappa shape index (κ2) is 11.5. The van der Waals surface area contributed by atoms with Crippen LogP contribution in [0.3, 0.4) is 0 Å². The van der Waals surface area contributed by atoms with Crippen molar-refractivity contribution in [2.45, 2.75) is 66.5 Å². The molecule has 30 heavy (non-hydrogen) atoms. The van der Waals surface area contributed by atoms with Gasteiger partial charge >= 0.3 is 0 Å². The van der Waals surface area contributed by atoms with Gasteiger partial charge in [-0.3, -0.25) is 9.59 Å². The standard InChI is InChI=1S/C26H36N2O2/c1-6-22-11-13-23(14-12-22)15-16-25(29)28(18-24-10-8-7-9-20(24)4)21(5)26(30)27-17-19(2)3/h7-14,19,21H,6,15-18H2,1-5H3,(H,27,30). The highest BCUT2D eigenvalue weighted by molar-refractivity contribution is 5.87. The molecule has 1 unspecified atom stereocenters. The predicted molar refractivity (Wildman–Crippen MR) is 123 cm³/mol. The van der Waals surface area contributed by atoms with Crippen LogP contribution in [-0.4, -0.2) is 29.3 Å². The zero-order valence-corrected chi connectivity index (χ0v) is 19.1. The molecule has 2 aromatic rings. The van der Waals surface area contributed by atoms with Crippen molar-refractivity contribution in [3.8, 4) is 0 Å². The number of carbonyl (C=O) groups is 2. The fourth-order valence-corrected chi connectivity index (χ4v) is 3.34. The summed E-state index contributed by atoms with van der Waals surface area (Å²) in [4.78, 5) is 27.6. The van der Waals surface area contributed by atoms with Crippen molar-refractivity contribution in [2.75, 3.05) is 6.54 Å². The van der Waals surface area contributed by atoms with Crippen molar-refractivity contribution in [3.05, 3.63) is 70.8 Å². The third kappa shape index (κ3) is 7.01. The monoisotopic (exact) mass is 408 g/mol. The van der Waals surface area contributed by atoms with Crippen LogP contribution in [0.25, 0.3) is 0 Å². The van der Waals surface area contributed by atoms with Crippen LogP contribution in [0.4, 0.5) is 0 Å². The highest BCUT2D eigenvalue weighted by Crippen LogP contribution is 2.16. The minimum absolute atomic E-state index is 0.00465. The minimum Gasteiger partial charge on any atom is -0.354 e. The van der Waals surface area contributed by atoms with Gasteiger partial charge in [0, 0.05) is 19.5 Å². The summed E-state index contributed by atoms with van der Waals surface area (Å²) < 4.78 is 0. The summed E-state index contributed by atoms with van der Waals surface area (Å²) in [5.41, 5.74) is 4.64. The predicted octanol–water partition coefficient (Wildman–Crippen LogP) is 4.68. The summed E-state index contributed by atoms with van der Waals surface area (Å²) in [6.07, 6.45) is 2.07. The van der Waals surface area contributed by atoms with E-state index >= 15 is 0 Å². The third-order valence-electron chi connectivity index (χ3n) is 5.51. The molecule has 4 heteroatoms. The molecule has 0 saturated heterocycles. The van der Waals surface area contributed by atoms with Crippen LogP contribution in [0.1, 0.15) is 56.4 Å². The molecule has 0 spiro atoms. The van der Waals surface area contributed by atoms with Crippen molar-refractivity contribution in [1.29, 1.82) is 0 Å². The van der Waals surface area contributed by atoms with Crippen LogP contribution in [0.2, 0.25) is 0 Å². The number of amides is 2. The van der Waals surface area contributed by atoms with E-state index in [4.69, 9.17) is 0 Å². The number of hydrogen-bond acceptors (Lipinski definition) is 2. The van der Waals surface area contributed by atoms with Gasteiger partial charge in [0.25, 0.3) is 0 Å². The molecule has 0 bridgehead atoms. The lowest BCUT2D eigenvalue weighted by Crippen LogP contribution is -2.48. The summed E-state index contributed by atoms with van der Waals surface area (Å²) in [7, 11) is 0. The summed E-state index contributed by atoms with van der Waals surface area (Å²) >= 11 is 0. The fourth-order valence-electron chi connectivity index (χ4n) is 3.34. The largest absolute Gasteiger partial charge is 0.354 e. The molecule has 0 saturated carbocycles. The first-order valence-corrected chi connectivity index (χ1v) is 11.0. The molecule has 0 heterocycles. The van der Waals surface area contributed by atoms with E-state index in [9.17, 15) is 9.59 Å². The minimum atomic E-state index is -0.515. The first-order chi connectivity index (χ1) is 14.3. The van der Waals surface area contributed by atoms with Crippen molar-refractivity contribution < 1.29 is 9.59 Å². The van der Waals surface area contributed by atoms with Crippen molar-refractivity contribution >= 4 is 11.8 Å². The number of benzene rings is 2. The van der Waals surface area contributed by atoms with Gasteiger partial charge < -0.3 is 10.2 Å². The molecule has 0 radical (unpaired) electrons. The Kier molecular flexibility index (Phi) is 9.10. The highest BCUT2D eigenvalue weighted by Gasteiger charge is 2.26. The van der Waals surface area contributed by atoms with E-state index in [-0.39, 0.29) is 11.8 Å². The Morgan fingerprint density at radius 3 is 2.20 bits per heavy atom. The van der Waals surface area contributed by atoms with Crippen LogP contribution < -0.4 is 5.32 Å². The lowest BCUT2D eigenvalue weighted by molar-refractivity contribution is -0.140. The number of nitrogens with one attached hydrogen (secondary N) is 1. The van der Waals surface area contributed by atoms with Gasteiger partial charge in [-0.05, 0) is 54.9 Å². The molecule has 0 aliphatic rings. The molecule has 0 fully saturated rings. The third-order valence-corrected chi connectivity index (χ3v) is 5.51. The zero-order chi connectivity index (χ0) is 22.1. The molecule has 0 aromatic heterocycles. The van der Waals surface area contributed by atoms with E-state index in [1.165, 1.54) is 5.56 Å². The summed E-state index contributed by atoms with van der Waals surface area (Å²) in [5.74, 6) is 0.274. The van der Waals surface area contributed by atoms with Gasteiger partial charge in [0.15, 0.2) is 0 Å². The maximum absolute atomic E-state index is 13.2. The molecule has 0 aliphatic carbocycles. The Bertz CT molecular complexity index is 827. The molecule has 2 amide bonds. The molecule has 0 aliphatic heterocycles. The second-order valence-corrected chi connectivity index (χ2v) is 8.43. The van der Waals surface area contributed by atoms with E-state index in [1.54, 1.807) is 4.90 Å². The molecule has 4 nitrogen and oxygen atoms in total. The number of nitrogens with zero attached hydrogens (tertiary/aromatic N) is 1. The molecular weight excluding hydrogens is 372 g/mol. The van der Waals surface area contributed by atoms with E-state index in [0.29, 0.717) is 31.8 Å².